The number of nitriles is 1. The standard InChI is InChI=1S/C16H14N2O3S/c1-12-2-8-15(9-3-12)22(20,21)11-16(19)18-14-6-4-13(10-17)5-7-14/h2-9H,11H2,1H3,(H,18,19). The molecule has 0 aromatic heterocycles. The van der Waals surface area contributed by atoms with Crippen LogP contribution >= 0.6 is 0 Å². The molecule has 0 aliphatic rings. The highest BCUT2D eigenvalue weighted by Crippen LogP contribution is 2.13. The number of amides is 1. The third-order valence-corrected chi connectivity index (χ3v) is 4.63. The van der Waals surface area contributed by atoms with E-state index in [1.165, 1.54) is 12.1 Å². The maximum absolute atomic E-state index is 12.1. The average Bonchev–Trinajstić information content (AvgIpc) is 2.48. The largest absolute Gasteiger partial charge is 0.325 e. The zero-order valence-corrected chi connectivity index (χ0v) is 12.7. The summed E-state index contributed by atoms with van der Waals surface area (Å²) in [5.41, 5.74) is 1.86. The molecule has 1 N–H and O–H groups in total. The van der Waals surface area contributed by atoms with E-state index >= 15 is 0 Å². The molecule has 2 rings (SSSR count). The molecule has 0 saturated heterocycles. The lowest BCUT2D eigenvalue weighted by Gasteiger charge is -2.07. The van der Waals surface area contributed by atoms with Crippen LogP contribution in [0.2, 0.25) is 0 Å². The fourth-order valence-corrected chi connectivity index (χ4v) is 2.96. The Kier molecular flexibility index (Phi) is 4.59. The van der Waals surface area contributed by atoms with Crippen LogP contribution in [0.4, 0.5) is 5.69 Å². The van der Waals surface area contributed by atoms with Crippen LogP contribution in [-0.4, -0.2) is 20.1 Å². The van der Waals surface area contributed by atoms with Crippen LogP contribution in [0.1, 0.15) is 11.1 Å². The predicted molar refractivity (Wildman–Crippen MR) is 83.0 cm³/mol. The smallest absolute Gasteiger partial charge is 0.239 e. The van der Waals surface area contributed by atoms with Gasteiger partial charge in [0, 0.05) is 5.69 Å². The molecule has 2 aromatic rings. The van der Waals surface area contributed by atoms with Gasteiger partial charge in [-0.2, -0.15) is 5.26 Å². The number of benzene rings is 2. The Balaban J connectivity index is 2.07. The number of carbonyl (C=O) groups is 1. The van der Waals surface area contributed by atoms with Gasteiger partial charge in [-0.1, -0.05) is 17.7 Å². The van der Waals surface area contributed by atoms with E-state index in [4.69, 9.17) is 5.26 Å². The highest BCUT2D eigenvalue weighted by Gasteiger charge is 2.19. The summed E-state index contributed by atoms with van der Waals surface area (Å²) < 4.78 is 24.3. The second-order valence-electron chi connectivity index (χ2n) is 4.81. The maximum atomic E-state index is 12.1. The van der Waals surface area contributed by atoms with Gasteiger partial charge in [-0.3, -0.25) is 4.79 Å². The van der Waals surface area contributed by atoms with E-state index in [9.17, 15) is 13.2 Å². The van der Waals surface area contributed by atoms with E-state index in [-0.39, 0.29) is 4.90 Å². The van der Waals surface area contributed by atoms with Gasteiger partial charge in [-0.05, 0) is 43.3 Å². The first-order valence-electron chi connectivity index (χ1n) is 6.50. The van der Waals surface area contributed by atoms with Crippen molar-refractivity contribution in [3.8, 4) is 6.07 Å². The van der Waals surface area contributed by atoms with E-state index in [1.807, 2.05) is 13.0 Å². The summed E-state index contributed by atoms with van der Waals surface area (Å²) in [6, 6.07) is 14.5. The number of aryl methyl sites for hydroxylation is 1. The van der Waals surface area contributed by atoms with Gasteiger partial charge in [0.25, 0.3) is 0 Å². The predicted octanol–water partition coefficient (Wildman–Crippen LogP) is 2.28. The van der Waals surface area contributed by atoms with Crippen molar-refractivity contribution in [1.82, 2.24) is 0 Å². The Morgan fingerprint density at radius 1 is 1.09 bits per heavy atom. The normalized spacial score (nSPS) is 10.7. The van der Waals surface area contributed by atoms with Crippen LogP contribution in [0.25, 0.3) is 0 Å². The Labute approximate surface area is 129 Å². The first kappa shape index (κ1) is 15.7. The summed E-state index contributed by atoms with van der Waals surface area (Å²) in [7, 11) is -3.67. The molecule has 0 saturated carbocycles. The van der Waals surface area contributed by atoms with Gasteiger partial charge in [0.2, 0.25) is 5.91 Å². The number of sulfone groups is 1. The molecule has 6 heteroatoms. The summed E-state index contributed by atoms with van der Waals surface area (Å²) in [4.78, 5) is 12.0. The Morgan fingerprint density at radius 3 is 2.23 bits per heavy atom. The first-order chi connectivity index (χ1) is 10.4. The fourth-order valence-electron chi connectivity index (χ4n) is 1.83. The van der Waals surface area contributed by atoms with Gasteiger partial charge in [0.15, 0.2) is 9.84 Å². The van der Waals surface area contributed by atoms with E-state index in [0.29, 0.717) is 11.3 Å². The SMILES string of the molecule is Cc1ccc(S(=O)(=O)CC(=O)Nc2ccc(C#N)cc2)cc1. The van der Waals surface area contributed by atoms with E-state index in [0.717, 1.165) is 5.56 Å². The molecule has 112 valence electrons. The molecule has 0 bridgehead atoms. The van der Waals surface area contributed by atoms with Crippen molar-refractivity contribution < 1.29 is 13.2 Å². The molecular formula is C16H14N2O3S. The van der Waals surface area contributed by atoms with Crippen molar-refractivity contribution in [2.75, 3.05) is 11.1 Å². The van der Waals surface area contributed by atoms with Gasteiger partial charge in [-0.25, -0.2) is 8.42 Å². The van der Waals surface area contributed by atoms with Crippen LogP contribution < -0.4 is 5.32 Å². The first-order valence-corrected chi connectivity index (χ1v) is 8.15. The highest BCUT2D eigenvalue weighted by molar-refractivity contribution is 7.92. The number of carbonyl (C=O) groups excluding carboxylic acids is 1. The number of anilines is 1. The maximum Gasteiger partial charge on any atom is 0.239 e. The van der Waals surface area contributed by atoms with E-state index in [1.54, 1.807) is 36.4 Å². The zero-order chi connectivity index (χ0) is 16.2. The van der Waals surface area contributed by atoms with E-state index in [2.05, 4.69) is 5.32 Å². The molecule has 2 aromatic carbocycles. The van der Waals surface area contributed by atoms with Gasteiger partial charge >= 0.3 is 0 Å². The number of rotatable bonds is 4. The number of nitrogens with zero attached hydrogens (tertiary/aromatic N) is 1. The number of hydrogen-bond acceptors (Lipinski definition) is 4. The molecule has 0 heterocycles. The topological polar surface area (TPSA) is 87.0 Å². The highest BCUT2D eigenvalue weighted by atomic mass is 32.2. The molecule has 1 amide bonds. The van der Waals surface area contributed by atoms with Crippen LogP contribution in [0.15, 0.2) is 53.4 Å². The Bertz CT molecular complexity index is 817. The molecule has 0 radical (unpaired) electrons. The zero-order valence-electron chi connectivity index (χ0n) is 11.9. The quantitative estimate of drug-likeness (QED) is 0.938. The molecule has 22 heavy (non-hydrogen) atoms. The van der Waals surface area contributed by atoms with Crippen molar-refractivity contribution >= 4 is 21.4 Å². The molecule has 0 aliphatic heterocycles. The van der Waals surface area contributed by atoms with Gasteiger partial charge in [0.05, 0.1) is 16.5 Å². The Morgan fingerprint density at radius 2 is 1.68 bits per heavy atom. The monoisotopic (exact) mass is 314 g/mol. The number of hydrogen-bond donors (Lipinski definition) is 1. The molecule has 0 atom stereocenters. The van der Waals surface area contributed by atoms with Crippen LogP contribution in [-0.2, 0) is 14.6 Å². The lowest BCUT2D eigenvalue weighted by Crippen LogP contribution is -2.23. The summed E-state index contributed by atoms with van der Waals surface area (Å²) in [5.74, 6) is -1.25. The molecule has 0 spiro atoms. The molecule has 0 unspecified atom stereocenters. The van der Waals surface area contributed by atoms with Crippen molar-refractivity contribution in [3.05, 3.63) is 59.7 Å². The minimum absolute atomic E-state index is 0.119. The lowest BCUT2D eigenvalue weighted by atomic mass is 10.2. The van der Waals surface area contributed by atoms with Crippen LogP contribution in [0, 0.1) is 18.3 Å². The second kappa shape index (κ2) is 6.41. The van der Waals surface area contributed by atoms with Gasteiger partial charge < -0.3 is 5.32 Å². The van der Waals surface area contributed by atoms with Crippen LogP contribution in [0.3, 0.4) is 0 Å². The molecule has 0 aliphatic carbocycles. The van der Waals surface area contributed by atoms with Crippen molar-refractivity contribution in [2.45, 2.75) is 11.8 Å². The van der Waals surface area contributed by atoms with Crippen LogP contribution in [0.5, 0.6) is 0 Å². The third kappa shape index (κ3) is 3.93. The van der Waals surface area contributed by atoms with Crippen molar-refractivity contribution in [1.29, 1.82) is 5.26 Å². The summed E-state index contributed by atoms with van der Waals surface area (Å²) >= 11 is 0. The number of nitrogens with one attached hydrogen (secondary N) is 1. The van der Waals surface area contributed by atoms with Crippen molar-refractivity contribution in [2.24, 2.45) is 0 Å². The summed E-state index contributed by atoms with van der Waals surface area (Å²) in [6.07, 6.45) is 0. The minimum Gasteiger partial charge on any atom is -0.325 e. The average molecular weight is 314 g/mol. The summed E-state index contributed by atoms with van der Waals surface area (Å²) in [6.45, 7) is 1.86. The molecule has 5 nitrogen and oxygen atoms in total. The van der Waals surface area contributed by atoms with Crippen molar-refractivity contribution in [3.63, 3.8) is 0 Å². The van der Waals surface area contributed by atoms with Gasteiger partial charge in [0.1, 0.15) is 5.75 Å². The molecular weight excluding hydrogens is 300 g/mol. The Hall–Kier alpha value is -2.65. The molecule has 0 fully saturated rings. The van der Waals surface area contributed by atoms with Gasteiger partial charge in [-0.15, -0.1) is 0 Å². The fraction of sp³-hybridized carbons (Fsp3) is 0.125. The second-order valence-corrected chi connectivity index (χ2v) is 6.80. The minimum atomic E-state index is -3.67. The summed E-state index contributed by atoms with van der Waals surface area (Å²) in [5, 5.41) is 11.2. The van der Waals surface area contributed by atoms with E-state index < -0.39 is 21.5 Å². The third-order valence-electron chi connectivity index (χ3n) is 3.00. The lowest BCUT2D eigenvalue weighted by molar-refractivity contribution is -0.113.